The van der Waals surface area contributed by atoms with Gasteiger partial charge in [0.2, 0.25) is 5.91 Å². The molecule has 1 saturated heterocycles. The predicted octanol–water partition coefficient (Wildman–Crippen LogP) is 1.59. The van der Waals surface area contributed by atoms with Crippen LogP contribution in [0.1, 0.15) is 6.92 Å². The van der Waals surface area contributed by atoms with Crippen LogP contribution in [0.25, 0.3) is 10.8 Å². The average Bonchev–Trinajstić information content (AvgIpc) is 2.70. The maximum atomic E-state index is 12.4. The minimum atomic E-state index is -1.12. The normalized spacial score (nSPS) is 20.9. The van der Waals surface area contributed by atoms with Gasteiger partial charge in [0.1, 0.15) is 17.1 Å². The number of aliphatic carboxylic acids is 1. The lowest BCUT2D eigenvalue weighted by Crippen LogP contribution is -2.70. The standard InChI is InChI=1S/C20H20N4O4S/c1-10-9-29-19-16(18(26)24(19)17(10)20(27)28)23-15(25)8-22-12-6-5-11-3-2-4-14(21)13(11)7-12/h2-7,16,19,22H,8-9,21H2,1H3,(H,23,25)(H,27,28)/t16?,19-/m0/s1. The number of β-lactam (4-membered cyclic amide) rings is 1. The second-order valence-corrected chi connectivity index (χ2v) is 8.13. The fraction of sp³-hybridized carbons (Fsp3) is 0.250. The monoisotopic (exact) mass is 412 g/mol. The van der Waals surface area contributed by atoms with Gasteiger partial charge in [-0.25, -0.2) is 4.79 Å². The topological polar surface area (TPSA) is 125 Å². The van der Waals surface area contributed by atoms with E-state index in [1.54, 1.807) is 6.92 Å². The molecule has 2 aromatic rings. The molecule has 1 fully saturated rings. The first-order valence-corrected chi connectivity index (χ1v) is 10.1. The Labute approximate surface area is 171 Å². The van der Waals surface area contributed by atoms with Crippen molar-refractivity contribution in [2.24, 2.45) is 0 Å². The van der Waals surface area contributed by atoms with E-state index in [0.717, 1.165) is 16.5 Å². The Kier molecular flexibility index (Phi) is 4.83. The smallest absolute Gasteiger partial charge is 0.352 e. The largest absolute Gasteiger partial charge is 0.477 e. The van der Waals surface area contributed by atoms with Crippen LogP contribution in [0.3, 0.4) is 0 Å². The SMILES string of the molecule is CC1=C(C(=O)O)N2C(=O)C(NC(=O)CNc3ccc4cccc(N)c4c3)[C@@H]2SC1. The van der Waals surface area contributed by atoms with Gasteiger partial charge in [0.25, 0.3) is 5.91 Å². The summed E-state index contributed by atoms with van der Waals surface area (Å²) < 4.78 is 0. The van der Waals surface area contributed by atoms with Crippen LogP contribution in [-0.2, 0) is 14.4 Å². The molecule has 5 N–H and O–H groups in total. The van der Waals surface area contributed by atoms with E-state index >= 15 is 0 Å². The lowest BCUT2D eigenvalue weighted by atomic mass is 10.0. The van der Waals surface area contributed by atoms with Gasteiger partial charge >= 0.3 is 5.97 Å². The number of benzene rings is 2. The number of hydrogen-bond donors (Lipinski definition) is 4. The van der Waals surface area contributed by atoms with Crippen molar-refractivity contribution in [2.45, 2.75) is 18.3 Å². The zero-order chi connectivity index (χ0) is 20.7. The molecular weight excluding hydrogens is 392 g/mol. The quantitative estimate of drug-likeness (QED) is 0.434. The van der Waals surface area contributed by atoms with Crippen molar-refractivity contribution in [3.8, 4) is 0 Å². The maximum Gasteiger partial charge on any atom is 0.352 e. The zero-order valence-electron chi connectivity index (χ0n) is 15.6. The predicted molar refractivity (Wildman–Crippen MR) is 112 cm³/mol. The van der Waals surface area contributed by atoms with Crippen LogP contribution >= 0.6 is 11.8 Å². The summed E-state index contributed by atoms with van der Waals surface area (Å²) in [4.78, 5) is 37.5. The summed E-state index contributed by atoms with van der Waals surface area (Å²) in [7, 11) is 0. The number of nitrogens with zero attached hydrogens (tertiary/aromatic N) is 1. The molecule has 0 bridgehead atoms. The van der Waals surface area contributed by atoms with E-state index in [2.05, 4.69) is 10.6 Å². The number of carbonyl (C=O) groups is 3. The number of fused-ring (bicyclic) bond motifs is 2. The van der Waals surface area contributed by atoms with Crippen LogP contribution in [0.4, 0.5) is 11.4 Å². The Morgan fingerprint density at radius 1 is 1.31 bits per heavy atom. The number of carboxylic acid groups (broad SMARTS) is 1. The summed E-state index contributed by atoms with van der Waals surface area (Å²) >= 11 is 1.45. The molecule has 4 rings (SSSR count). The van der Waals surface area contributed by atoms with E-state index < -0.39 is 17.9 Å². The van der Waals surface area contributed by atoms with E-state index in [1.807, 2.05) is 36.4 Å². The number of hydrogen-bond acceptors (Lipinski definition) is 6. The minimum Gasteiger partial charge on any atom is -0.477 e. The van der Waals surface area contributed by atoms with Crippen molar-refractivity contribution in [1.29, 1.82) is 0 Å². The molecule has 1 unspecified atom stereocenters. The van der Waals surface area contributed by atoms with Crippen molar-refractivity contribution in [2.75, 3.05) is 23.3 Å². The van der Waals surface area contributed by atoms with Crippen LogP contribution in [0.2, 0.25) is 0 Å². The number of nitrogens with two attached hydrogens (primary N) is 1. The highest BCUT2D eigenvalue weighted by Crippen LogP contribution is 2.40. The van der Waals surface area contributed by atoms with Crippen molar-refractivity contribution in [3.05, 3.63) is 47.7 Å². The van der Waals surface area contributed by atoms with E-state index in [9.17, 15) is 19.5 Å². The Hall–Kier alpha value is -3.20. The third-order valence-corrected chi connectivity index (χ3v) is 6.47. The van der Waals surface area contributed by atoms with Crippen molar-refractivity contribution in [1.82, 2.24) is 10.2 Å². The zero-order valence-corrected chi connectivity index (χ0v) is 16.5. The molecule has 0 aromatic heterocycles. The highest BCUT2D eigenvalue weighted by molar-refractivity contribution is 8.00. The Morgan fingerprint density at radius 3 is 2.86 bits per heavy atom. The van der Waals surface area contributed by atoms with Crippen LogP contribution in [0.15, 0.2) is 47.7 Å². The number of nitrogen functional groups attached to an aromatic ring is 1. The highest BCUT2D eigenvalue weighted by atomic mass is 32.2. The molecule has 9 heteroatoms. The van der Waals surface area contributed by atoms with Gasteiger partial charge in [-0.1, -0.05) is 18.2 Å². The van der Waals surface area contributed by atoms with Gasteiger partial charge in [-0.2, -0.15) is 0 Å². The van der Waals surface area contributed by atoms with Crippen molar-refractivity contribution >= 4 is 51.7 Å². The summed E-state index contributed by atoms with van der Waals surface area (Å²) in [5, 5.41) is 16.6. The molecule has 2 aromatic carbocycles. The molecule has 8 nitrogen and oxygen atoms in total. The molecule has 2 aliphatic rings. The van der Waals surface area contributed by atoms with Gasteiger partial charge in [0, 0.05) is 22.5 Å². The summed E-state index contributed by atoms with van der Waals surface area (Å²) in [5.74, 6) is -1.35. The van der Waals surface area contributed by atoms with Crippen LogP contribution in [-0.4, -0.2) is 51.5 Å². The van der Waals surface area contributed by atoms with E-state index in [1.165, 1.54) is 16.7 Å². The second-order valence-electron chi connectivity index (χ2n) is 7.03. The molecule has 0 radical (unpaired) electrons. The first-order valence-electron chi connectivity index (χ1n) is 9.06. The Morgan fingerprint density at radius 2 is 2.10 bits per heavy atom. The van der Waals surface area contributed by atoms with Gasteiger partial charge in [-0.15, -0.1) is 11.8 Å². The summed E-state index contributed by atoms with van der Waals surface area (Å²) in [6, 6.07) is 10.6. The lowest BCUT2D eigenvalue weighted by Gasteiger charge is -2.49. The van der Waals surface area contributed by atoms with E-state index in [0.29, 0.717) is 17.0 Å². The van der Waals surface area contributed by atoms with Gasteiger partial charge < -0.3 is 21.5 Å². The van der Waals surface area contributed by atoms with Crippen molar-refractivity contribution < 1.29 is 19.5 Å². The lowest BCUT2D eigenvalue weighted by molar-refractivity contribution is -0.150. The van der Waals surface area contributed by atoms with Crippen LogP contribution in [0, 0.1) is 0 Å². The molecule has 2 atom stereocenters. The van der Waals surface area contributed by atoms with E-state index in [4.69, 9.17) is 5.73 Å². The minimum absolute atomic E-state index is 0.0138. The van der Waals surface area contributed by atoms with Gasteiger partial charge in [-0.05, 0) is 36.1 Å². The molecular formula is C20H20N4O4S. The molecule has 0 spiro atoms. The maximum absolute atomic E-state index is 12.4. The van der Waals surface area contributed by atoms with Gasteiger partial charge in [0.15, 0.2) is 0 Å². The summed E-state index contributed by atoms with van der Waals surface area (Å²) in [5.41, 5.74) is 8.06. The number of thioether (sulfide) groups is 1. The summed E-state index contributed by atoms with van der Waals surface area (Å²) in [6.45, 7) is 1.69. The van der Waals surface area contributed by atoms with Gasteiger partial charge in [-0.3, -0.25) is 14.5 Å². The number of carbonyl (C=O) groups excluding carboxylic acids is 2. The third-order valence-electron chi connectivity index (χ3n) is 5.05. The number of nitrogens with one attached hydrogen (secondary N) is 2. The molecule has 2 amide bonds. The molecule has 0 saturated carbocycles. The molecule has 150 valence electrons. The molecule has 2 aliphatic heterocycles. The van der Waals surface area contributed by atoms with Gasteiger partial charge in [0.05, 0.1) is 6.54 Å². The average molecular weight is 412 g/mol. The summed E-state index contributed by atoms with van der Waals surface area (Å²) in [6.07, 6.45) is 0. The Bertz CT molecular complexity index is 1070. The first kappa shape index (κ1) is 19.1. The fourth-order valence-electron chi connectivity index (χ4n) is 3.59. The van der Waals surface area contributed by atoms with E-state index in [-0.39, 0.29) is 23.5 Å². The number of amides is 2. The highest BCUT2D eigenvalue weighted by Gasteiger charge is 2.53. The fourth-order valence-corrected chi connectivity index (χ4v) is 4.88. The molecule has 29 heavy (non-hydrogen) atoms. The molecule has 0 aliphatic carbocycles. The van der Waals surface area contributed by atoms with Crippen LogP contribution < -0.4 is 16.4 Å². The number of rotatable bonds is 5. The third kappa shape index (κ3) is 3.38. The molecule has 2 heterocycles. The number of carboxylic acids is 1. The van der Waals surface area contributed by atoms with Crippen LogP contribution in [0.5, 0.6) is 0 Å². The Balaban J connectivity index is 1.38. The van der Waals surface area contributed by atoms with Crippen molar-refractivity contribution in [3.63, 3.8) is 0 Å². The number of anilines is 2. The second kappa shape index (κ2) is 7.32. The first-order chi connectivity index (χ1) is 13.9.